The van der Waals surface area contributed by atoms with Gasteiger partial charge in [-0.1, -0.05) is 31.9 Å². The van der Waals surface area contributed by atoms with Crippen molar-refractivity contribution in [3.8, 4) is 0 Å². The molecule has 2 saturated carbocycles. The van der Waals surface area contributed by atoms with Gasteiger partial charge in [-0.25, -0.2) is 0 Å². The first-order valence-corrected chi connectivity index (χ1v) is 8.73. The summed E-state index contributed by atoms with van der Waals surface area (Å²) in [5.41, 5.74) is 0.423. The molecule has 0 spiro atoms. The standard InChI is InChI=1S/C18H21ClN2O4/c1-18(2)13(14(18)17(24)25)16(23)20-10-6-7-12(11(19)8-10)21-15(22)9-4-3-5-9/h6-9,13-14H,3-5H2,1-2H3,(H,20,23)(H,21,22)(H,24,25)/t13-,14-/m1/s1. The first-order valence-electron chi connectivity index (χ1n) is 8.36. The Labute approximate surface area is 150 Å². The van der Waals surface area contributed by atoms with Crippen molar-refractivity contribution in [3.63, 3.8) is 0 Å². The average Bonchev–Trinajstić information content (AvgIpc) is 3.03. The Morgan fingerprint density at radius 1 is 1.12 bits per heavy atom. The zero-order valence-electron chi connectivity index (χ0n) is 14.1. The number of hydrogen-bond donors (Lipinski definition) is 3. The molecule has 2 amide bonds. The lowest BCUT2D eigenvalue weighted by atomic mass is 9.85. The number of benzene rings is 1. The van der Waals surface area contributed by atoms with Crippen molar-refractivity contribution in [1.82, 2.24) is 0 Å². The fourth-order valence-electron chi connectivity index (χ4n) is 3.41. The molecule has 0 bridgehead atoms. The minimum Gasteiger partial charge on any atom is -0.481 e. The maximum atomic E-state index is 12.3. The largest absolute Gasteiger partial charge is 0.481 e. The second kappa shape index (κ2) is 6.33. The van der Waals surface area contributed by atoms with Crippen molar-refractivity contribution in [2.45, 2.75) is 33.1 Å². The molecule has 2 fully saturated rings. The molecule has 2 aliphatic rings. The van der Waals surface area contributed by atoms with Crippen molar-refractivity contribution in [1.29, 1.82) is 0 Å². The molecule has 3 rings (SSSR count). The Morgan fingerprint density at radius 3 is 2.28 bits per heavy atom. The highest BCUT2D eigenvalue weighted by atomic mass is 35.5. The summed E-state index contributed by atoms with van der Waals surface area (Å²) in [6.07, 6.45) is 2.88. The van der Waals surface area contributed by atoms with E-state index in [-0.39, 0.29) is 17.7 Å². The van der Waals surface area contributed by atoms with Gasteiger partial charge in [0, 0.05) is 11.6 Å². The molecule has 0 radical (unpaired) electrons. The molecule has 0 heterocycles. The van der Waals surface area contributed by atoms with E-state index in [0.29, 0.717) is 16.4 Å². The van der Waals surface area contributed by atoms with Crippen molar-refractivity contribution < 1.29 is 19.5 Å². The molecule has 1 aromatic carbocycles. The average molecular weight is 365 g/mol. The number of aliphatic carboxylic acids is 1. The van der Waals surface area contributed by atoms with Crippen LogP contribution in [0.2, 0.25) is 5.02 Å². The molecule has 25 heavy (non-hydrogen) atoms. The molecule has 0 unspecified atom stereocenters. The van der Waals surface area contributed by atoms with Crippen LogP contribution in [-0.2, 0) is 14.4 Å². The van der Waals surface area contributed by atoms with Crippen LogP contribution in [0.15, 0.2) is 18.2 Å². The van der Waals surface area contributed by atoms with Crippen molar-refractivity contribution in [2.75, 3.05) is 10.6 Å². The summed E-state index contributed by atoms with van der Waals surface area (Å²) in [5.74, 6) is -2.52. The Kier molecular flexibility index (Phi) is 4.49. The van der Waals surface area contributed by atoms with Crippen LogP contribution < -0.4 is 10.6 Å². The third kappa shape index (κ3) is 3.35. The van der Waals surface area contributed by atoms with Crippen molar-refractivity contribution >= 4 is 40.8 Å². The topological polar surface area (TPSA) is 95.5 Å². The lowest BCUT2D eigenvalue weighted by Crippen LogP contribution is -2.28. The maximum Gasteiger partial charge on any atom is 0.307 e. The van der Waals surface area contributed by atoms with E-state index in [1.807, 2.05) is 0 Å². The highest BCUT2D eigenvalue weighted by Crippen LogP contribution is 2.58. The zero-order chi connectivity index (χ0) is 18.4. The van der Waals surface area contributed by atoms with Crippen LogP contribution >= 0.6 is 11.6 Å². The Hall–Kier alpha value is -2.08. The minimum atomic E-state index is -0.961. The van der Waals surface area contributed by atoms with Crippen LogP contribution in [0, 0.1) is 23.2 Å². The fraction of sp³-hybridized carbons (Fsp3) is 0.500. The molecule has 1 aromatic rings. The number of halogens is 1. The summed E-state index contributed by atoms with van der Waals surface area (Å²) in [4.78, 5) is 35.5. The van der Waals surface area contributed by atoms with E-state index in [1.54, 1.807) is 32.0 Å². The van der Waals surface area contributed by atoms with Crippen LogP contribution in [-0.4, -0.2) is 22.9 Å². The molecular formula is C18H21ClN2O4. The number of rotatable bonds is 5. The highest BCUT2D eigenvalue weighted by Gasteiger charge is 2.65. The number of carboxylic acid groups (broad SMARTS) is 1. The lowest BCUT2D eigenvalue weighted by Gasteiger charge is -2.24. The third-order valence-electron chi connectivity index (χ3n) is 5.35. The van der Waals surface area contributed by atoms with Gasteiger partial charge < -0.3 is 15.7 Å². The quantitative estimate of drug-likeness (QED) is 0.746. The fourth-order valence-corrected chi connectivity index (χ4v) is 3.64. The SMILES string of the molecule is CC1(C)[C@@H](C(=O)O)[C@@H]1C(=O)Nc1ccc(NC(=O)C2CCC2)c(Cl)c1. The molecule has 0 aliphatic heterocycles. The highest BCUT2D eigenvalue weighted by molar-refractivity contribution is 6.34. The predicted molar refractivity (Wildman–Crippen MR) is 94.4 cm³/mol. The molecule has 6 nitrogen and oxygen atoms in total. The molecular weight excluding hydrogens is 344 g/mol. The van der Waals surface area contributed by atoms with Gasteiger partial charge in [0.2, 0.25) is 11.8 Å². The Balaban J connectivity index is 1.64. The van der Waals surface area contributed by atoms with Gasteiger partial charge in [-0.05, 0) is 36.5 Å². The number of amides is 2. The smallest absolute Gasteiger partial charge is 0.307 e. The third-order valence-corrected chi connectivity index (χ3v) is 5.66. The van der Waals surface area contributed by atoms with Crippen LogP contribution in [0.25, 0.3) is 0 Å². The van der Waals surface area contributed by atoms with Gasteiger partial charge in [0.25, 0.3) is 0 Å². The molecule has 0 saturated heterocycles. The van der Waals surface area contributed by atoms with Crippen molar-refractivity contribution in [2.24, 2.45) is 23.2 Å². The molecule has 2 atom stereocenters. The molecule has 134 valence electrons. The summed E-state index contributed by atoms with van der Waals surface area (Å²) in [7, 11) is 0. The van der Waals surface area contributed by atoms with Gasteiger partial charge in [0.15, 0.2) is 0 Å². The lowest BCUT2D eigenvalue weighted by molar-refractivity contribution is -0.140. The van der Waals surface area contributed by atoms with Crippen molar-refractivity contribution in [3.05, 3.63) is 23.2 Å². The second-order valence-electron chi connectivity index (χ2n) is 7.42. The monoisotopic (exact) mass is 364 g/mol. The number of hydrogen-bond acceptors (Lipinski definition) is 3. The zero-order valence-corrected chi connectivity index (χ0v) is 14.9. The van der Waals surface area contributed by atoms with Gasteiger partial charge in [-0.15, -0.1) is 0 Å². The molecule has 3 N–H and O–H groups in total. The Bertz CT molecular complexity index is 743. The van der Waals surface area contributed by atoms with E-state index in [2.05, 4.69) is 10.6 Å². The van der Waals surface area contributed by atoms with E-state index in [9.17, 15) is 14.4 Å². The van der Waals surface area contributed by atoms with Gasteiger partial charge in [0.1, 0.15) is 0 Å². The molecule has 7 heteroatoms. The van der Waals surface area contributed by atoms with Gasteiger partial charge >= 0.3 is 5.97 Å². The van der Waals surface area contributed by atoms with Crippen LogP contribution in [0.1, 0.15) is 33.1 Å². The summed E-state index contributed by atoms with van der Waals surface area (Å²) in [6, 6.07) is 4.84. The predicted octanol–water partition coefficient (Wildman–Crippen LogP) is 3.37. The van der Waals surface area contributed by atoms with E-state index < -0.39 is 23.2 Å². The van der Waals surface area contributed by atoms with Crippen LogP contribution in [0.4, 0.5) is 11.4 Å². The number of carbonyl (C=O) groups excluding carboxylic acids is 2. The second-order valence-corrected chi connectivity index (χ2v) is 7.82. The number of anilines is 2. The summed E-state index contributed by atoms with van der Waals surface area (Å²) >= 11 is 6.19. The number of carbonyl (C=O) groups is 3. The van der Waals surface area contributed by atoms with Crippen LogP contribution in [0.5, 0.6) is 0 Å². The molecule has 2 aliphatic carbocycles. The maximum absolute atomic E-state index is 12.3. The molecule has 0 aromatic heterocycles. The summed E-state index contributed by atoms with van der Waals surface area (Å²) in [5, 5.41) is 15.0. The van der Waals surface area contributed by atoms with E-state index in [4.69, 9.17) is 16.7 Å². The normalized spacial score (nSPS) is 24.1. The minimum absolute atomic E-state index is 0.0334. The van der Waals surface area contributed by atoms with Gasteiger partial charge in [0.05, 0.1) is 22.5 Å². The first-order chi connectivity index (χ1) is 11.7. The Morgan fingerprint density at radius 2 is 1.80 bits per heavy atom. The van der Waals surface area contributed by atoms with Gasteiger partial charge in [-0.2, -0.15) is 0 Å². The summed E-state index contributed by atoms with van der Waals surface area (Å²) in [6.45, 7) is 3.53. The van der Waals surface area contributed by atoms with E-state index in [1.165, 1.54) is 0 Å². The first kappa shape index (κ1) is 17.7. The number of carboxylic acids is 1. The summed E-state index contributed by atoms with van der Waals surface area (Å²) < 4.78 is 0. The number of nitrogens with one attached hydrogen (secondary N) is 2. The van der Waals surface area contributed by atoms with E-state index in [0.717, 1.165) is 19.3 Å². The van der Waals surface area contributed by atoms with Gasteiger partial charge in [-0.3, -0.25) is 14.4 Å². The van der Waals surface area contributed by atoms with Crippen LogP contribution in [0.3, 0.4) is 0 Å². The van der Waals surface area contributed by atoms with E-state index >= 15 is 0 Å².